The monoisotopic (exact) mass is 513 g/mol. The number of allylic oxidation sites excluding steroid dienone is 2. The summed E-state index contributed by atoms with van der Waals surface area (Å²) in [5.74, 6) is 0.0335. The van der Waals surface area contributed by atoms with Gasteiger partial charge in [0, 0.05) is 74.6 Å². The number of carbonyl (C=O) groups excluding carboxylic acids is 2. The second kappa shape index (κ2) is 11.8. The zero-order valence-corrected chi connectivity index (χ0v) is 21.8. The van der Waals surface area contributed by atoms with Crippen LogP contribution in [0.15, 0.2) is 71.1 Å². The van der Waals surface area contributed by atoms with E-state index in [0.29, 0.717) is 31.5 Å². The lowest BCUT2D eigenvalue weighted by atomic mass is 9.82. The first-order valence-corrected chi connectivity index (χ1v) is 13.3. The number of hydrogen-bond acceptors (Lipinski definition) is 6. The van der Waals surface area contributed by atoms with Gasteiger partial charge in [-0.2, -0.15) is 0 Å². The Bertz CT molecular complexity index is 1350. The van der Waals surface area contributed by atoms with Crippen LogP contribution in [0.4, 0.5) is 5.69 Å². The number of nitrogens with one attached hydrogen (secondary N) is 2. The number of benzene rings is 2. The molecule has 1 aliphatic carbocycles. The smallest absolute Gasteiger partial charge is 0.238 e. The molecule has 1 atom stereocenters. The fourth-order valence-electron chi connectivity index (χ4n) is 5.31. The minimum absolute atomic E-state index is 0.00385. The van der Waals surface area contributed by atoms with E-state index >= 15 is 0 Å². The average Bonchev–Trinajstić information content (AvgIpc) is 3.39. The molecule has 1 fully saturated rings. The number of aliphatic hydroxyl groups excluding tert-OH is 1. The maximum atomic E-state index is 12.8. The van der Waals surface area contributed by atoms with Gasteiger partial charge in [-0.15, -0.1) is 0 Å². The van der Waals surface area contributed by atoms with Crippen molar-refractivity contribution in [1.82, 2.24) is 14.8 Å². The van der Waals surface area contributed by atoms with Crippen molar-refractivity contribution in [3.05, 3.63) is 77.2 Å². The van der Waals surface area contributed by atoms with E-state index in [1.165, 1.54) is 0 Å². The molecule has 1 saturated heterocycles. The van der Waals surface area contributed by atoms with E-state index in [1.807, 2.05) is 61.7 Å². The molecular formula is C30H35N5O3. The Hall–Kier alpha value is -3.75. The normalized spacial score (nSPS) is 19.5. The van der Waals surface area contributed by atoms with Gasteiger partial charge in [0.05, 0.1) is 18.7 Å². The van der Waals surface area contributed by atoms with Crippen LogP contribution < -0.4 is 5.32 Å². The molecule has 2 heterocycles. The Kier molecular flexibility index (Phi) is 8.00. The molecule has 2 aliphatic rings. The summed E-state index contributed by atoms with van der Waals surface area (Å²) in [6, 6.07) is 15.9. The number of aliphatic hydroxyl groups is 1. The number of anilines is 1. The first kappa shape index (κ1) is 25.9. The lowest BCUT2D eigenvalue weighted by Gasteiger charge is -2.33. The van der Waals surface area contributed by atoms with Crippen molar-refractivity contribution in [3.8, 4) is 0 Å². The third-order valence-corrected chi connectivity index (χ3v) is 7.48. The van der Waals surface area contributed by atoms with Crippen molar-refractivity contribution in [1.29, 1.82) is 0 Å². The van der Waals surface area contributed by atoms with E-state index in [1.54, 1.807) is 6.21 Å². The van der Waals surface area contributed by atoms with E-state index < -0.39 is 0 Å². The van der Waals surface area contributed by atoms with Crippen LogP contribution in [0.1, 0.15) is 29.9 Å². The van der Waals surface area contributed by atoms with Crippen LogP contribution in [0.5, 0.6) is 0 Å². The molecular weight excluding hydrogens is 478 g/mol. The quantitative estimate of drug-likeness (QED) is 0.395. The molecule has 3 N–H and O–H groups in total. The van der Waals surface area contributed by atoms with Crippen LogP contribution in [0, 0.1) is 6.92 Å². The van der Waals surface area contributed by atoms with Crippen LogP contribution in [-0.4, -0.2) is 83.6 Å². The first-order chi connectivity index (χ1) is 18.5. The summed E-state index contributed by atoms with van der Waals surface area (Å²) in [7, 11) is 0. The summed E-state index contributed by atoms with van der Waals surface area (Å²) in [5, 5.41) is 14.7. The maximum absolute atomic E-state index is 12.8. The van der Waals surface area contributed by atoms with E-state index in [0.717, 1.165) is 60.4 Å². The van der Waals surface area contributed by atoms with Gasteiger partial charge in [-0.25, -0.2) is 0 Å². The number of amides is 1. The van der Waals surface area contributed by atoms with Gasteiger partial charge in [0.15, 0.2) is 5.78 Å². The minimum Gasteiger partial charge on any atom is -0.511 e. The van der Waals surface area contributed by atoms with Crippen LogP contribution in [0.25, 0.3) is 10.9 Å². The summed E-state index contributed by atoms with van der Waals surface area (Å²) in [6.45, 7) is 7.13. The largest absolute Gasteiger partial charge is 0.511 e. The predicted octanol–water partition coefficient (Wildman–Crippen LogP) is 4.06. The number of aryl methyl sites for hydroxylation is 1. The SMILES string of the molecule is Cc1ccc(NC(=O)CN2CCN(CCN=CC3=C(O)CC(c4cccc5[nH]ccc45)CC3=O)CC2)cc1. The molecule has 0 bridgehead atoms. The van der Waals surface area contributed by atoms with E-state index in [2.05, 4.69) is 25.1 Å². The van der Waals surface area contributed by atoms with Gasteiger partial charge in [-0.1, -0.05) is 29.8 Å². The van der Waals surface area contributed by atoms with Gasteiger partial charge >= 0.3 is 0 Å². The van der Waals surface area contributed by atoms with Crippen LogP contribution >= 0.6 is 0 Å². The number of hydrogen-bond donors (Lipinski definition) is 3. The summed E-state index contributed by atoms with van der Waals surface area (Å²) in [6.07, 6.45) is 4.26. The van der Waals surface area contributed by atoms with Crippen molar-refractivity contribution in [2.24, 2.45) is 4.99 Å². The summed E-state index contributed by atoms with van der Waals surface area (Å²) < 4.78 is 0. The van der Waals surface area contributed by atoms with Gasteiger partial charge in [-0.05, 0) is 42.7 Å². The number of carbonyl (C=O) groups is 2. The highest BCUT2D eigenvalue weighted by Crippen LogP contribution is 2.36. The Labute approximate surface area is 223 Å². The van der Waals surface area contributed by atoms with Gasteiger partial charge in [0.2, 0.25) is 5.91 Å². The number of rotatable bonds is 8. The first-order valence-electron chi connectivity index (χ1n) is 13.3. The molecule has 0 saturated carbocycles. The molecule has 3 aromatic rings. The molecule has 2 aromatic carbocycles. The number of aromatic amines is 1. The van der Waals surface area contributed by atoms with Crippen molar-refractivity contribution in [2.75, 3.05) is 51.1 Å². The van der Waals surface area contributed by atoms with Gasteiger partial charge in [-0.3, -0.25) is 24.4 Å². The zero-order valence-electron chi connectivity index (χ0n) is 21.8. The number of ketones is 1. The minimum atomic E-state index is -0.0624. The lowest BCUT2D eigenvalue weighted by Crippen LogP contribution is -2.49. The van der Waals surface area contributed by atoms with Crippen LogP contribution in [0.2, 0.25) is 0 Å². The predicted molar refractivity (Wildman–Crippen MR) is 151 cm³/mol. The molecule has 1 amide bonds. The topological polar surface area (TPSA) is 101 Å². The molecule has 0 radical (unpaired) electrons. The van der Waals surface area contributed by atoms with Crippen molar-refractivity contribution in [3.63, 3.8) is 0 Å². The standard InChI is InChI=1S/C30H35N5O3/c1-21-5-7-23(8-6-21)33-30(38)20-35-15-13-34(14-16-35)12-11-31-19-26-28(36)17-22(18-29(26)37)24-3-2-4-27-25(24)9-10-32-27/h2-10,19,22,32,36H,11-18,20H2,1H3,(H,33,38). The molecule has 8 nitrogen and oxygen atoms in total. The fourth-order valence-corrected chi connectivity index (χ4v) is 5.31. The van der Waals surface area contributed by atoms with E-state index in [-0.39, 0.29) is 23.4 Å². The zero-order chi connectivity index (χ0) is 26.5. The molecule has 198 valence electrons. The Morgan fingerprint density at radius 3 is 2.61 bits per heavy atom. The summed E-state index contributed by atoms with van der Waals surface area (Å²) in [4.78, 5) is 37.4. The van der Waals surface area contributed by atoms with E-state index in [9.17, 15) is 14.7 Å². The van der Waals surface area contributed by atoms with Gasteiger partial charge in [0.1, 0.15) is 5.76 Å². The Morgan fingerprint density at radius 2 is 1.84 bits per heavy atom. The molecule has 38 heavy (non-hydrogen) atoms. The molecule has 1 aliphatic heterocycles. The van der Waals surface area contributed by atoms with Crippen molar-refractivity contribution < 1.29 is 14.7 Å². The molecule has 5 rings (SSSR count). The number of H-pyrrole nitrogens is 1. The van der Waals surface area contributed by atoms with Gasteiger partial charge in [0.25, 0.3) is 0 Å². The Morgan fingerprint density at radius 1 is 1.08 bits per heavy atom. The number of Topliss-reactive ketones (excluding diaryl/α,β-unsaturated/α-hetero) is 1. The molecule has 1 aromatic heterocycles. The molecule has 8 heteroatoms. The van der Waals surface area contributed by atoms with Gasteiger partial charge < -0.3 is 15.4 Å². The second-order valence-corrected chi connectivity index (χ2v) is 10.2. The number of piperazine rings is 1. The highest BCUT2D eigenvalue weighted by molar-refractivity contribution is 6.14. The third kappa shape index (κ3) is 6.20. The van der Waals surface area contributed by atoms with Crippen LogP contribution in [-0.2, 0) is 9.59 Å². The van der Waals surface area contributed by atoms with Crippen molar-refractivity contribution in [2.45, 2.75) is 25.7 Å². The number of nitrogens with zero attached hydrogens (tertiary/aromatic N) is 3. The highest BCUT2D eigenvalue weighted by Gasteiger charge is 2.29. The lowest BCUT2D eigenvalue weighted by molar-refractivity contribution is -0.118. The van der Waals surface area contributed by atoms with Crippen LogP contribution in [0.3, 0.4) is 0 Å². The summed E-state index contributed by atoms with van der Waals surface area (Å²) in [5.41, 5.74) is 4.45. The average molecular weight is 514 g/mol. The third-order valence-electron chi connectivity index (χ3n) is 7.48. The van der Waals surface area contributed by atoms with E-state index in [4.69, 9.17) is 0 Å². The maximum Gasteiger partial charge on any atom is 0.238 e. The van der Waals surface area contributed by atoms with Crippen molar-refractivity contribution >= 4 is 34.5 Å². The number of aliphatic imine (C=N–C) groups is 1. The molecule has 0 spiro atoms. The Balaban J connectivity index is 1.06. The highest BCUT2D eigenvalue weighted by atomic mass is 16.3. The second-order valence-electron chi connectivity index (χ2n) is 10.2. The number of aromatic nitrogens is 1. The fraction of sp³-hybridized carbons (Fsp3) is 0.367. The molecule has 1 unspecified atom stereocenters. The number of fused-ring (bicyclic) bond motifs is 1. The summed E-state index contributed by atoms with van der Waals surface area (Å²) >= 11 is 0.